The summed E-state index contributed by atoms with van der Waals surface area (Å²) in [6.45, 7) is 4.30. The van der Waals surface area contributed by atoms with E-state index in [0.29, 0.717) is 36.0 Å². The number of nitrogens with one attached hydrogen (secondary N) is 2. The van der Waals surface area contributed by atoms with Gasteiger partial charge in [-0.15, -0.1) is 0 Å². The van der Waals surface area contributed by atoms with E-state index in [1.807, 2.05) is 4.90 Å². The Hall–Kier alpha value is -2.68. The molecule has 0 amide bonds. The van der Waals surface area contributed by atoms with Crippen LogP contribution in [-0.4, -0.2) is 45.8 Å². The highest BCUT2D eigenvalue weighted by Gasteiger charge is 2.36. The summed E-state index contributed by atoms with van der Waals surface area (Å²) in [4.78, 5) is 10.6. The fraction of sp³-hybridized carbons (Fsp3) is 0.421. The van der Waals surface area contributed by atoms with E-state index in [2.05, 4.69) is 32.4 Å². The van der Waals surface area contributed by atoms with E-state index in [9.17, 15) is 13.2 Å². The molecule has 0 aliphatic carbocycles. The van der Waals surface area contributed by atoms with Crippen LogP contribution in [0.15, 0.2) is 30.5 Å². The molecule has 148 valence electrons. The molecule has 1 atom stereocenters. The molecule has 0 radical (unpaired) electrons. The van der Waals surface area contributed by atoms with Crippen LogP contribution in [0.2, 0.25) is 0 Å². The van der Waals surface area contributed by atoms with Crippen molar-refractivity contribution in [1.29, 1.82) is 0 Å². The Balaban J connectivity index is 1.78. The molecule has 4 rings (SSSR count). The normalized spacial score (nSPS) is 18.0. The molecule has 3 aromatic rings. The third-order valence-electron chi connectivity index (χ3n) is 4.96. The second-order valence-electron chi connectivity index (χ2n) is 6.92. The number of nitrogens with zero attached hydrogens (tertiary/aromatic N) is 4. The van der Waals surface area contributed by atoms with Gasteiger partial charge in [-0.1, -0.05) is 13.3 Å². The van der Waals surface area contributed by atoms with Crippen LogP contribution in [0.3, 0.4) is 0 Å². The summed E-state index contributed by atoms with van der Waals surface area (Å²) in [6, 6.07) is 6.22. The van der Waals surface area contributed by atoms with Crippen LogP contribution in [0.5, 0.6) is 0 Å². The number of H-pyrrole nitrogens is 1. The molecule has 2 N–H and O–H groups in total. The Morgan fingerprint density at radius 2 is 2.07 bits per heavy atom. The summed E-state index contributed by atoms with van der Waals surface area (Å²) in [5, 5.41) is 10.7. The maximum absolute atomic E-state index is 13.7. The molecule has 6 nitrogen and oxygen atoms in total. The Morgan fingerprint density at radius 1 is 1.21 bits per heavy atom. The lowest BCUT2D eigenvalue weighted by Crippen LogP contribution is -2.51. The van der Waals surface area contributed by atoms with E-state index < -0.39 is 11.7 Å². The first-order valence-corrected chi connectivity index (χ1v) is 9.33. The molecule has 28 heavy (non-hydrogen) atoms. The van der Waals surface area contributed by atoms with Crippen LogP contribution >= 0.6 is 0 Å². The number of fused-ring (bicyclic) bond motifs is 1. The zero-order valence-electron chi connectivity index (χ0n) is 15.4. The third kappa shape index (κ3) is 3.54. The predicted molar refractivity (Wildman–Crippen MR) is 101 cm³/mol. The van der Waals surface area contributed by atoms with Gasteiger partial charge in [0.15, 0.2) is 5.65 Å². The third-order valence-corrected chi connectivity index (χ3v) is 4.96. The molecule has 0 bridgehead atoms. The second-order valence-corrected chi connectivity index (χ2v) is 6.92. The van der Waals surface area contributed by atoms with Gasteiger partial charge in [0.1, 0.15) is 17.2 Å². The SMILES string of the molecule is CCCC1CN(c2ccc(C(F)(F)F)c(-c3n[nH]c4ncccc34)n2)CCN1. The van der Waals surface area contributed by atoms with Gasteiger partial charge < -0.3 is 10.2 Å². The zero-order valence-corrected chi connectivity index (χ0v) is 15.4. The van der Waals surface area contributed by atoms with Crippen LogP contribution in [-0.2, 0) is 6.18 Å². The summed E-state index contributed by atoms with van der Waals surface area (Å²) < 4.78 is 41.0. The van der Waals surface area contributed by atoms with Gasteiger partial charge >= 0.3 is 6.18 Å². The number of pyridine rings is 2. The van der Waals surface area contributed by atoms with Crippen molar-refractivity contribution in [2.75, 3.05) is 24.5 Å². The highest BCUT2D eigenvalue weighted by molar-refractivity contribution is 5.90. The molecule has 3 aromatic heterocycles. The molecular weight excluding hydrogens is 369 g/mol. The lowest BCUT2D eigenvalue weighted by atomic mass is 10.1. The number of hydrogen-bond donors (Lipinski definition) is 2. The number of alkyl halides is 3. The summed E-state index contributed by atoms with van der Waals surface area (Å²) >= 11 is 0. The fourth-order valence-corrected chi connectivity index (χ4v) is 3.64. The van der Waals surface area contributed by atoms with E-state index in [4.69, 9.17) is 0 Å². The Morgan fingerprint density at radius 3 is 2.86 bits per heavy atom. The standard InChI is InChI=1S/C19H21F3N6/c1-2-4-12-11-28(10-9-23-12)15-7-6-14(19(20,21)22)17(25-15)16-13-5-3-8-24-18(13)27-26-16/h3,5-8,12,23H,2,4,9-11H2,1H3,(H,24,26,27). The van der Waals surface area contributed by atoms with E-state index in [1.165, 1.54) is 6.07 Å². The minimum Gasteiger partial charge on any atom is -0.354 e. The van der Waals surface area contributed by atoms with Crippen LogP contribution in [0.1, 0.15) is 25.3 Å². The van der Waals surface area contributed by atoms with Gasteiger partial charge in [-0.25, -0.2) is 9.97 Å². The number of piperazine rings is 1. The Labute approximate surface area is 160 Å². The van der Waals surface area contributed by atoms with Crippen LogP contribution < -0.4 is 10.2 Å². The highest BCUT2D eigenvalue weighted by atomic mass is 19.4. The molecular formula is C19H21F3N6. The van der Waals surface area contributed by atoms with E-state index in [-0.39, 0.29) is 11.4 Å². The first-order chi connectivity index (χ1) is 13.5. The van der Waals surface area contributed by atoms with E-state index in [0.717, 1.165) is 25.5 Å². The van der Waals surface area contributed by atoms with Crippen molar-refractivity contribution in [3.63, 3.8) is 0 Å². The van der Waals surface area contributed by atoms with Crippen molar-refractivity contribution in [1.82, 2.24) is 25.5 Å². The highest BCUT2D eigenvalue weighted by Crippen LogP contribution is 2.38. The first-order valence-electron chi connectivity index (χ1n) is 9.33. The lowest BCUT2D eigenvalue weighted by molar-refractivity contribution is -0.137. The van der Waals surface area contributed by atoms with Gasteiger partial charge in [-0.05, 0) is 30.7 Å². The minimum absolute atomic E-state index is 0.164. The number of anilines is 1. The molecule has 1 fully saturated rings. The van der Waals surface area contributed by atoms with Crippen molar-refractivity contribution < 1.29 is 13.2 Å². The topological polar surface area (TPSA) is 69.7 Å². The zero-order chi connectivity index (χ0) is 19.7. The first kappa shape index (κ1) is 18.7. The van der Waals surface area contributed by atoms with Crippen LogP contribution in [0, 0.1) is 0 Å². The minimum atomic E-state index is -4.53. The predicted octanol–water partition coefficient (Wildman–Crippen LogP) is 3.62. The van der Waals surface area contributed by atoms with Gasteiger partial charge in [0.2, 0.25) is 0 Å². The van der Waals surface area contributed by atoms with Gasteiger partial charge in [-0.3, -0.25) is 5.10 Å². The van der Waals surface area contributed by atoms with Gasteiger partial charge in [0.25, 0.3) is 0 Å². The molecule has 4 heterocycles. The van der Waals surface area contributed by atoms with Gasteiger partial charge in [0.05, 0.1) is 5.56 Å². The average molecular weight is 390 g/mol. The summed E-state index contributed by atoms with van der Waals surface area (Å²) in [5.74, 6) is 0.533. The summed E-state index contributed by atoms with van der Waals surface area (Å²) in [7, 11) is 0. The number of aromatic amines is 1. The summed E-state index contributed by atoms with van der Waals surface area (Å²) in [5.41, 5.74) is -0.371. The summed E-state index contributed by atoms with van der Waals surface area (Å²) in [6.07, 6.45) is -0.904. The van der Waals surface area contributed by atoms with Crippen molar-refractivity contribution in [3.8, 4) is 11.4 Å². The fourth-order valence-electron chi connectivity index (χ4n) is 3.64. The Bertz CT molecular complexity index is 966. The largest absolute Gasteiger partial charge is 0.418 e. The van der Waals surface area contributed by atoms with Crippen molar-refractivity contribution >= 4 is 16.9 Å². The number of rotatable bonds is 4. The van der Waals surface area contributed by atoms with Gasteiger partial charge in [-0.2, -0.15) is 18.3 Å². The van der Waals surface area contributed by atoms with Crippen molar-refractivity contribution in [3.05, 3.63) is 36.0 Å². The Kier molecular flexibility index (Phi) is 4.92. The van der Waals surface area contributed by atoms with E-state index >= 15 is 0 Å². The average Bonchev–Trinajstić information content (AvgIpc) is 3.11. The number of halogens is 3. The monoisotopic (exact) mass is 390 g/mol. The second kappa shape index (κ2) is 7.38. The molecule has 0 saturated carbocycles. The molecule has 0 spiro atoms. The number of hydrogen-bond acceptors (Lipinski definition) is 5. The van der Waals surface area contributed by atoms with Crippen molar-refractivity contribution in [2.45, 2.75) is 32.0 Å². The van der Waals surface area contributed by atoms with Gasteiger partial charge in [0, 0.05) is 37.3 Å². The maximum atomic E-state index is 13.7. The smallest absolute Gasteiger partial charge is 0.354 e. The van der Waals surface area contributed by atoms with E-state index in [1.54, 1.807) is 18.3 Å². The molecule has 0 aromatic carbocycles. The maximum Gasteiger partial charge on any atom is 0.418 e. The molecule has 1 saturated heterocycles. The van der Waals surface area contributed by atoms with Crippen LogP contribution in [0.4, 0.5) is 19.0 Å². The molecule has 1 unspecified atom stereocenters. The molecule has 9 heteroatoms. The quantitative estimate of drug-likeness (QED) is 0.712. The van der Waals surface area contributed by atoms with Crippen LogP contribution in [0.25, 0.3) is 22.4 Å². The lowest BCUT2D eigenvalue weighted by Gasteiger charge is -2.34. The van der Waals surface area contributed by atoms with Crippen molar-refractivity contribution in [2.24, 2.45) is 0 Å². The number of aromatic nitrogens is 4. The molecule has 1 aliphatic heterocycles. The molecule has 1 aliphatic rings.